The predicted octanol–water partition coefficient (Wildman–Crippen LogP) is 1.73. The highest BCUT2D eigenvalue weighted by molar-refractivity contribution is 7.89. The number of benzene rings is 1. The molecule has 0 saturated carbocycles. The summed E-state index contributed by atoms with van der Waals surface area (Å²) in [4.78, 5) is 10.6. The zero-order chi connectivity index (χ0) is 14.6. The number of carboxylic acid groups (broad SMARTS) is 1. The van der Waals surface area contributed by atoms with Crippen LogP contribution in [0.4, 0.5) is 0 Å². The molecule has 0 spiro atoms. The number of rotatable bonds is 5. The molecule has 0 amide bonds. The summed E-state index contributed by atoms with van der Waals surface area (Å²) in [5.74, 6) is 1.10. The molecule has 0 radical (unpaired) electrons. The van der Waals surface area contributed by atoms with Crippen molar-refractivity contribution in [3.63, 3.8) is 0 Å². The molecular weight excluding hydrogens is 290 g/mol. The lowest BCUT2D eigenvalue weighted by atomic mass is 10.2. The van der Waals surface area contributed by atoms with E-state index in [1.54, 1.807) is 6.92 Å². The second-order valence-electron chi connectivity index (χ2n) is 3.88. The molecule has 0 aliphatic carbocycles. The number of nitrogens with one attached hydrogen (secondary N) is 1. The number of hydrogen-bond donors (Lipinski definition) is 2. The van der Waals surface area contributed by atoms with E-state index in [1.165, 1.54) is 12.1 Å². The van der Waals surface area contributed by atoms with Gasteiger partial charge in [0.05, 0.1) is 10.6 Å². The van der Waals surface area contributed by atoms with Gasteiger partial charge in [0, 0.05) is 12.5 Å². The number of carboxylic acids is 1. The minimum Gasteiger partial charge on any atom is -0.478 e. The molecule has 0 aliphatic heterocycles. The lowest BCUT2D eigenvalue weighted by molar-refractivity contribution is 0.0696. The third-order valence-electron chi connectivity index (χ3n) is 2.25. The van der Waals surface area contributed by atoms with Crippen LogP contribution in [0.15, 0.2) is 23.1 Å². The van der Waals surface area contributed by atoms with E-state index in [1.807, 2.05) is 0 Å². The maximum atomic E-state index is 12.1. The predicted molar refractivity (Wildman–Crippen MR) is 71.6 cm³/mol. The summed E-state index contributed by atoms with van der Waals surface area (Å²) in [6.45, 7) is 1.60. The molecule has 0 heterocycles. The van der Waals surface area contributed by atoms with Crippen molar-refractivity contribution >= 4 is 27.6 Å². The minimum atomic E-state index is -3.91. The molecule has 0 fully saturated rings. The molecule has 102 valence electrons. The first-order chi connectivity index (χ1) is 8.77. The first-order valence-electron chi connectivity index (χ1n) is 5.26. The van der Waals surface area contributed by atoms with Crippen molar-refractivity contribution in [2.24, 2.45) is 0 Å². The Bertz CT molecular complexity index is 634. The van der Waals surface area contributed by atoms with Gasteiger partial charge < -0.3 is 5.11 Å². The van der Waals surface area contributed by atoms with E-state index in [2.05, 4.69) is 10.6 Å². The normalized spacial score (nSPS) is 12.7. The van der Waals surface area contributed by atoms with Gasteiger partial charge in [0.2, 0.25) is 10.0 Å². The fraction of sp³-hybridized carbons (Fsp3) is 0.250. The van der Waals surface area contributed by atoms with Gasteiger partial charge in [-0.05, 0) is 25.1 Å². The second-order valence-corrected chi connectivity index (χ2v) is 5.97. The molecule has 0 aromatic heterocycles. The van der Waals surface area contributed by atoms with Crippen LogP contribution in [0.5, 0.6) is 0 Å². The SMILES string of the molecule is C#CCC(C)NS(=O)(=O)c1cc(C(=O)O)ccc1Cl. The molecular formula is C12H12ClNO4S. The van der Waals surface area contributed by atoms with Crippen LogP contribution in [-0.2, 0) is 10.0 Å². The van der Waals surface area contributed by atoms with Gasteiger partial charge in [0.25, 0.3) is 0 Å². The molecule has 1 atom stereocenters. The number of hydrogen-bond acceptors (Lipinski definition) is 3. The van der Waals surface area contributed by atoms with Crippen molar-refractivity contribution in [3.8, 4) is 12.3 Å². The van der Waals surface area contributed by atoms with Crippen LogP contribution < -0.4 is 4.72 Å². The quantitative estimate of drug-likeness (QED) is 0.811. The second kappa shape index (κ2) is 6.06. The molecule has 5 nitrogen and oxygen atoms in total. The number of halogens is 1. The molecule has 19 heavy (non-hydrogen) atoms. The van der Waals surface area contributed by atoms with Gasteiger partial charge in [-0.15, -0.1) is 12.3 Å². The zero-order valence-corrected chi connectivity index (χ0v) is 11.6. The smallest absolute Gasteiger partial charge is 0.335 e. The van der Waals surface area contributed by atoms with E-state index >= 15 is 0 Å². The number of sulfonamides is 1. The van der Waals surface area contributed by atoms with E-state index in [0.29, 0.717) is 0 Å². The fourth-order valence-corrected chi connectivity index (χ4v) is 3.16. The monoisotopic (exact) mass is 301 g/mol. The van der Waals surface area contributed by atoms with E-state index in [9.17, 15) is 13.2 Å². The molecule has 0 bridgehead atoms. The average Bonchev–Trinajstić information content (AvgIpc) is 2.28. The topological polar surface area (TPSA) is 83.5 Å². The molecule has 1 aromatic carbocycles. The number of terminal acetylenes is 1. The van der Waals surface area contributed by atoms with Gasteiger partial charge in [-0.2, -0.15) is 0 Å². The lowest BCUT2D eigenvalue weighted by Crippen LogP contribution is -2.32. The van der Waals surface area contributed by atoms with Gasteiger partial charge in [-0.25, -0.2) is 17.9 Å². The fourth-order valence-electron chi connectivity index (χ4n) is 1.39. The van der Waals surface area contributed by atoms with Crippen LogP contribution in [-0.4, -0.2) is 25.5 Å². The Balaban J connectivity index is 3.18. The summed E-state index contributed by atoms with van der Waals surface area (Å²) in [6, 6.07) is 3.00. The minimum absolute atomic E-state index is 0.0505. The Morgan fingerprint density at radius 3 is 2.74 bits per heavy atom. The van der Waals surface area contributed by atoms with Gasteiger partial charge >= 0.3 is 5.97 Å². The van der Waals surface area contributed by atoms with Crippen LogP contribution in [0.2, 0.25) is 5.02 Å². The molecule has 2 N–H and O–H groups in total. The summed E-state index contributed by atoms with van der Waals surface area (Å²) >= 11 is 5.79. The molecule has 0 aliphatic rings. The molecule has 1 rings (SSSR count). The van der Waals surface area contributed by atoms with Crippen molar-refractivity contribution in [1.29, 1.82) is 0 Å². The van der Waals surface area contributed by atoms with Crippen molar-refractivity contribution in [1.82, 2.24) is 4.72 Å². The van der Waals surface area contributed by atoms with E-state index in [0.717, 1.165) is 6.07 Å². The Morgan fingerprint density at radius 1 is 1.58 bits per heavy atom. The summed E-state index contributed by atoms with van der Waals surface area (Å²) in [7, 11) is -3.91. The highest BCUT2D eigenvalue weighted by Gasteiger charge is 2.21. The molecule has 1 aromatic rings. The third-order valence-corrected chi connectivity index (χ3v) is 4.32. The highest BCUT2D eigenvalue weighted by atomic mass is 35.5. The average molecular weight is 302 g/mol. The number of carbonyl (C=O) groups is 1. The summed E-state index contributed by atoms with van der Waals surface area (Å²) in [5.41, 5.74) is -0.158. The maximum absolute atomic E-state index is 12.1. The van der Waals surface area contributed by atoms with Crippen LogP contribution in [0.1, 0.15) is 23.7 Å². The van der Waals surface area contributed by atoms with Gasteiger partial charge in [-0.1, -0.05) is 11.6 Å². The van der Waals surface area contributed by atoms with Gasteiger partial charge in [-0.3, -0.25) is 0 Å². The standard InChI is InChI=1S/C12H12ClNO4S/c1-3-4-8(2)14-19(17,18)11-7-9(12(15)16)5-6-10(11)13/h1,5-8,14H,4H2,2H3,(H,15,16). The Hall–Kier alpha value is -1.55. The third kappa shape index (κ3) is 3.96. The van der Waals surface area contributed by atoms with Gasteiger partial charge in [0.15, 0.2) is 0 Å². The lowest BCUT2D eigenvalue weighted by Gasteiger charge is -2.13. The summed E-state index contributed by atoms with van der Waals surface area (Å²) in [5, 5.41) is 8.80. The Kier molecular flexibility index (Phi) is 4.95. The summed E-state index contributed by atoms with van der Waals surface area (Å²) in [6.07, 6.45) is 5.31. The first-order valence-corrected chi connectivity index (χ1v) is 7.12. The zero-order valence-electron chi connectivity index (χ0n) is 10.1. The first kappa shape index (κ1) is 15.5. The van der Waals surface area contributed by atoms with Crippen LogP contribution >= 0.6 is 11.6 Å². The van der Waals surface area contributed by atoms with E-state index in [-0.39, 0.29) is 21.9 Å². The van der Waals surface area contributed by atoms with Crippen LogP contribution in [0, 0.1) is 12.3 Å². The Labute approximate surface area is 116 Å². The summed E-state index contributed by atoms with van der Waals surface area (Å²) < 4.78 is 26.4. The Morgan fingerprint density at radius 2 is 2.21 bits per heavy atom. The molecule has 1 unspecified atom stereocenters. The highest BCUT2D eigenvalue weighted by Crippen LogP contribution is 2.23. The maximum Gasteiger partial charge on any atom is 0.335 e. The van der Waals surface area contributed by atoms with E-state index in [4.69, 9.17) is 23.1 Å². The van der Waals surface area contributed by atoms with Crippen molar-refractivity contribution < 1.29 is 18.3 Å². The van der Waals surface area contributed by atoms with Crippen molar-refractivity contribution in [2.75, 3.05) is 0 Å². The van der Waals surface area contributed by atoms with Crippen LogP contribution in [0.3, 0.4) is 0 Å². The number of aromatic carboxylic acids is 1. The van der Waals surface area contributed by atoms with Gasteiger partial charge in [0.1, 0.15) is 4.90 Å². The molecule has 7 heteroatoms. The largest absolute Gasteiger partial charge is 0.478 e. The van der Waals surface area contributed by atoms with Crippen LogP contribution in [0.25, 0.3) is 0 Å². The van der Waals surface area contributed by atoms with E-state index < -0.39 is 22.0 Å². The van der Waals surface area contributed by atoms with Crippen molar-refractivity contribution in [3.05, 3.63) is 28.8 Å². The van der Waals surface area contributed by atoms with Crippen molar-refractivity contribution in [2.45, 2.75) is 24.3 Å². The molecule has 0 saturated heterocycles.